The van der Waals surface area contributed by atoms with E-state index in [-0.39, 0.29) is 24.5 Å². The molecule has 1 aromatic rings. The molecule has 2 saturated heterocycles. The Morgan fingerprint density at radius 2 is 2.26 bits per heavy atom. The highest BCUT2D eigenvalue weighted by Crippen LogP contribution is 2.14. The van der Waals surface area contributed by atoms with Gasteiger partial charge in [-0.3, -0.25) is 14.6 Å². The number of epoxide rings is 1. The minimum atomic E-state index is -0.184. The van der Waals surface area contributed by atoms with Gasteiger partial charge in [-0.05, 0) is 12.1 Å². The second kappa shape index (κ2) is 4.97. The zero-order chi connectivity index (χ0) is 13.2. The van der Waals surface area contributed by atoms with Crippen LogP contribution in [0, 0.1) is 0 Å². The monoisotopic (exact) mass is 261 g/mol. The topological polar surface area (TPSA) is 66.0 Å². The first kappa shape index (κ1) is 12.1. The van der Waals surface area contributed by atoms with Crippen LogP contribution in [0.5, 0.6) is 0 Å². The lowest BCUT2D eigenvalue weighted by molar-refractivity contribution is -0.135. The van der Waals surface area contributed by atoms with Gasteiger partial charge in [0, 0.05) is 25.8 Å². The average Bonchev–Trinajstić information content (AvgIpc) is 3.25. The fourth-order valence-electron chi connectivity index (χ4n) is 2.15. The van der Waals surface area contributed by atoms with Crippen molar-refractivity contribution < 1.29 is 14.3 Å². The van der Waals surface area contributed by atoms with E-state index >= 15 is 0 Å². The molecular formula is C13H15N3O3. The van der Waals surface area contributed by atoms with Gasteiger partial charge < -0.3 is 14.5 Å². The van der Waals surface area contributed by atoms with E-state index in [0.717, 1.165) is 6.61 Å². The Bertz CT molecular complexity index is 487. The number of hydrogen-bond acceptors (Lipinski definition) is 4. The number of piperazine rings is 1. The van der Waals surface area contributed by atoms with Crippen molar-refractivity contribution in [3.05, 3.63) is 30.1 Å². The van der Waals surface area contributed by atoms with E-state index in [9.17, 15) is 9.59 Å². The van der Waals surface area contributed by atoms with E-state index in [1.54, 1.807) is 34.2 Å². The maximum atomic E-state index is 12.2. The lowest BCUT2D eigenvalue weighted by Gasteiger charge is -2.33. The summed E-state index contributed by atoms with van der Waals surface area (Å²) < 4.78 is 5.12. The minimum Gasteiger partial charge on any atom is -0.371 e. The molecular weight excluding hydrogens is 246 g/mol. The molecule has 0 aliphatic carbocycles. The average molecular weight is 261 g/mol. The van der Waals surface area contributed by atoms with Crippen LogP contribution in [-0.2, 0) is 9.53 Å². The summed E-state index contributed by atoms with van der Waals surface area (Å²) in [6.45, 7) is 2.62. The fraction of sp³-hybridized carbons (Fsp3) is 0.462. The molecule has 0 N–H and O–H groups in total. The SMILES string of the molecule is O=C1CN(C(=O)c2ccccn2)CCN1C[C@@H]1CO1. The van der Waals surface area contributed by atoms with Crippen LogP contribution in [0.2, 0.25) is 0 Å². The molecule has 2 aliphatic rings. The summed E-state index contributed by atoms with van der Waals surface area (Å²) in [4.78, 5) is 31.4. The third kappa shape index (κ3) is 2.73. The van der Waals surface area contributed by atoms with Gasteiger partial charge in [0.2, 0.25) is 5.91 Å². The van der Waals surface area contributed by atoms with Crippen LogP contribution in [0.1, 0.15) is 10.5 Å². The maximum absolute atomic E-state index is 12.2. The lowest BCUT2D eigenvalue weighted by Crippen LogP contribution is -2.53. The number of ether oxygens (including phenoxy) is 1. The molecule has 2 amide bonds. The minimum absolute atomic E-state index is 0.0222. The molecule has 1 aromatic heterocycles. The van der Waals surface area contributed by atoms with Gasteiger partial charge in [-0.25, -0.2) is 0 Å². The number of pyridine rings is 1. The normalized spacial score (nSPS) is 22.5. The number of carbonyl (C=O) groups is 2. The van der Waals surface area contributed by atoms with Crippen LogP contribution in [0.15, 0.2) is 24.4 Å². The molecule has 0 unspecified atom stereocenters. The molecule has 0 aromatic carbocycles. The number of amides is 2. The first-order valence-corrected chi connectivity index (χ1v) is 6.34. The molecule has 100 valence electrons. The molecule has 2 fully saturated rings. The molecule has 0 radical (unpaired) electrons. The smallest absolute Gasteiger partial charge is 0.272 e. The van der Waals surface area contributed by atoms with Gasteiger partial charge in [-0.2, -0.15) is 0 Å². The van der Waals surface area contributed by atoms with Gasteiger partial charge in [0.1, 0.15) is 12.2 Å². The Balaban J connectivity index is 1.61. The third-order valence-corrected chi connectivity index (χ3v) is 3.32. The highest BCUT2D eigenvalue weighted by molar-refractivity contribution is 5.95. The van der Waals surface area contributed by atoms with Gasteiger partial charge in [0.25, 0.3) is 5.91 Å². The number of rotatable bonds is 3. The van der Waals surface area contributed by atoms with Crippen LogP contribution in [0.3, 0.4) is 0 Å². The van der Waals surface area contributed by atoms with E-state index in [0.29, 0.717) is 25.3 Å². The molecule has 3 heterocycles. The van der Waals surface area contributed by atoms with Gasteiger partial charge in [0.05, 0.1) is 12.7 Å². The van der Waals surface area contributed by atoms with Crippen LogP contribution in [-0.4, -0.2) is 65.5 Å². The molecule has 0 saturated carbocycles. The van der Waals surface area contributed by atoms with Crippen LogP contribution in [0.4, 0.5) is 0 Å². The van der Waals surface area contributed by atoms with Crippen molar-refractivity contribution in [3.63, 3.8) is 0 Å². The highest BCUT2D eigenvalue weighted by atomic mass is 16.6. The van der Waals surface area contributed by atoms with Gasteiger partial charge >= 0.3 is 0 Å². The zero-order valence-electron chi connectivity index (χ0n) is 10.5. The Kier molecular flexibility index (Phi) is 3.16. The van der Waals surface area contributed by atoms with Crippen LogP contribution >= 0.6 is 0 Å². The third-order valence-electron chi connectivity index (χ3n) is 3.32. The fourth-order valence-corrected chi connectivity index (χ4v) is 2.15. The quantitative estimate of drug-likeness (QED) is 0.705. The van der Waals surface area contributed by atoms with Crippen LogP contribution in [0.25, 0.3) is 0 Å². The molecule has 3 rings (SSSR count). The maximum Gasteiger partial charge on any atom is 0.272 e. The standard InChI is InChI=1S/C13H15N3O3/c17-12-8-16(6-5-15(12)7-10-9-19-10)13(18)11-3-1-2-4-14-11/h1-4,10H,5-9H2/t10-/m1/s1. The second-order valence-corrected chi connectivity index (χ2v) is 4.74. The van der Waals surface area contributed by atoms with E-state index < -0.39 is 0 Å². The van der Waals surface area contributed by atoms with E-state index in [4.69, 9.17) is 4.74 Å². The van der Waals surface area contributed by atoms with E-state index in [2.05, 4.69) is 4.98 Å². The predicted molar refractivity (Wildman–Crippen MR) is 66.5 cm³/mol. The largest absolute Gasteiger partial charge is 0.371 e. The zero-order valence-corrected chi connectivity index (χ0v) is 10.5. The van der Waals surface area contributed by atoms with E-state index in [1.165, 1.54) is 0 Å². The van der Waals surface area contributed by atoms with Crippen molar-refractivity contribution in [3.8, 4) is 0 Å². The first-order chi connectivity index (χ1) is 9.24. The summed E-state index contributed by atoms with van der Waals surface area (Å²) in [6.07, 6.45) is 1.78. The Morgan fingerprint density at radius 1 is 1.42 bits per heavy atom. The van der Waals surface area contributed by atoms with Gasteiger partial charge in [-0.1, -0.05) is 6.07 Å². The molecule has 6 nitrogen and oxygen atoms in total. The highest BCUT2D eigenvalue weighted by Gasteiger charge is 2.32. The molecule has 19 heavy (non-hydrogen) atoms. The van der Waals surface area contributed by atoms with E-state index in [1.807, 2.05) is 0 Å². The first-order valence-electron chi connectivity index (χ1n) is 6.34. The summed E-state index contributed by atoms with van der Waals surface area (Å²) in [5.41, 5.74) is 0.384. The van der Waals surface area contributed by atoms with Crippen molar-refractivity contribution in [1.82, 2.24) is 14.8 Å². The molecule has 1 atom stereocenters. The Labute approximate surface area is 111 Å². The molecule has 0 spiro atoms. The summed E-state index contributed by atoms with van der Waals surface area (Å²) >= 11 is 0. The Hall–Kier alpha value is -1.95. The number of carbonyl (C=O) groups excluding carboxylic acids is 2. The number of nitrogens with zero attached hydrogens (tertiary/aromatic N) is 3. The second-order valence-electron chi connectivity index (χ2n) is 4.74. The molecule has 0 bridgehead atoms. The van der Waals surface area contributed by atoms with Crippen LogP contribution < -0.4 is 0 Å². The summed E-state index contributed by atoms with van der Waals surface area (Å²) in [5.74, 6) is -0.206. The number of aromatic nitrogens is 1. The molecule has 2 aliphatic heterocycles. The van der Waals surface area contributed by atoms with Crippen molar-refractivity contribution in [2.24, 2.45) is 0 Å². The van der Waals surface area contributed by atoms with Gasteiger partial charge in [-0.15, -0.1) is 0 Å². The van der Waals surface area contributed by atoms with Gasteiger partial charge in [0.15, 0.2) is 0 Å². The van der Waals surface area contributed by atoms with Crippen molar-refractivity contribution in [2.45, 2.75) is 6.10 Å². The number of hydrogen-bond donors (Lipinski definition) is 0. The molecule has 6 heteroatoms. The van der Waals surface area contributed by atoms with Crippen molar-refractivity contribution in [1.29, 1.82) is 0 Å². The van der Waals surface area contributed by atoms with Crippen molar-refractivity contribution in [2.75, 3.05) is 32.8 Å². The summed E-state index contributed by atoms with van der Waals surface area (Å²) in [7, 11) is 0. The summed E-state index contributed by atoms with van der Waals surface area (Å²) in [5, 5.41) is 0. The van der Waals surface area contributed by atoms with Crippen molar-refractivity contribution >= 4 is 11.8 Å². The Morgan fingerprint density at radius 3 is 2.89 bits per heavy atom. The lowest BCUT2D eigenvalue weighted by atomic mass is 10.2. The summed E-state index contributed by atoms with van der Waals surface area (Å²) in [6, 6.07) is 5.19. The predicted octanol–water partition coefficient (Wildman–Crippen LogP) is -0.235.